The van der Waals surface area contributed by atoms with Crippen LogP contribution < -0.4 is 4.74 Å². The second-order valence-corrected chi connectivity index (χ2v) is 10.4. The van der Waals surface area contributed by atoms with Crippen LogP contribution >= 0.6 is 0 Å². The number of hydrogen-bond donors (Lipinski definition) is 1. The monoisotopic (exact) mass is 647 g/mol. The van der Waals surface area contributed by atoms with Crippen LogP contribution in [0.4, 0.5) is 13.2 Å². The zero-order chi connectivity index (χ0) is 29.2. The van der Waals surface area contributed by atoms with Gasteiger partial charge in [0.15, 0.2) is 5.79 Å². The molecule has 221 valence electrons. The molecule has 4 rings (SSSR count). The number of aryl methyl sites for hydroxylation is 2. The Kier molecular flexibility index (Phi) is 13.9. The summed E-state index contributed by atoms with van der Waals surface area (Å²) in [4.78, 5) is 0. The van der Waals surface area contributed by atoms with Crippen LogP contribution in [-0.4, -0.2) is 42.9 Å². The van der Waals surface area contributed by atoms with E-state index in [9.17, 15) is 13.2 Å². The Balaban J connectivity index is 0.00000141. The Morgan fingerprint density at radius 1 is 0.878 bits per heavy atom. The van der Waals surface area contributed by atoms with Gasteiger partial charge in [-0.1, -0.05) is 72.6 Å². The van der Waals surface area contributed by atoms with Crippen molar-refractivity contribution in [3.05, 3.63) is 95.2 Å². The molecule has 1 aliphatic rings. The van der Waals surface area contributed by atoms with Gasteiger partial charge in [0, 0.05) is 52.5 Å². The van der Waals surface area contributed by atoms with Crippen molar-refractivity contribution in [2.24, 2.45) is 0 Å². The van der Waals surface area contributed by atoms with Crippen molar-refractivity contribution in [1.29, 1.82) is 0 Å². The van der Waals surface area contributed by atoms with Gasteiger partial charge in [0.25, 0.3) is 0 Å². The topological polar surface area (TPSA) is 71.7 Å². The Morgan fingerprint density at radius 2 is 1.44 bits per heavy atom. The first-order chi connectivity index (χ1) is 18.9. The van der Waals surface area contributed by atoms with Gasteiger partial charge >= 0.3 is 6.18 Å². The van der Waals surface area contributed by atoms with Gasteiger partial charge in [-0.15, -0.1) is 0 Å². The summed E-state index contributed by atoms with van der Waals surface area (Å²) >= 11 is 0. The van der Waals surface area contributed by atoms with Gasteiger partial charge < -0.3 is 25.1 Å². The maximum absolute atomic E-state index is 13.8. The number of benzene rings is 3. The van der Waals surface area contributed by atoms with Crippen LogP contribution in [0.15, 0.2) is 72.8 Å². The summed E-state index contributed by atoms with van der Waals surface area (Å²) in [7, 11) is 0. The minimum atomic E-state index is -4.53. The van der Waals surface area contributed by atoms with Crippen LogP contribution in [0.25, 0.3) is 16.9 Å². The van der Waals surface area contributed by atoms with Crippen LogP contribution in [0.5, 0.6) is 5.75 Å². The molecule has 0 saturated carbocycles. The molecule has 41 heavy (non-hydrogen) atoms. The van der Waals surface area contributed by atoms with E-state index in [1.807, 2.05) is 30.3 Å². The molecule has 1 saturated heterocycles. The van der Waals surface area contributed by atoms with E-state index in [0.29, 0.717) is 31.2 Å². The molecule has 1 radical (unpaired) electrons. The summed E-state index contributed by atoms with van der Waals surface area (Å²) in [6.07, 6.45) is -2.57. The predicted octanol–water partition coefficient (Wildman–Crippen LogP) is 7.89. The maximum atomic E-state index is 13.8. The van der Waals surface area contributed by atoms with Crippen LogP contribution in [-0.2, 0) is 61.2 Å². The molecule has 0 spiro atoms. The van der Waals surface area contributed by atoms with Crippen LogP contribution in [0.2, 0.25) is 0 Å². The van der Waals surface area contributed by atoms with E-state index in [-0.39, 0.29) is 64.9 Å². The molecule has 0 aliphatic carbocycles. The second kappa shape index (κ2) is 16.2. The van der Waals surface area contributed by atoms with Gasteiger partial charge in [0.2, 0.25) is 0 Å². The first-order valence-corrected chi connectivity index (χ1v) is 13.6. The van der Waals surface area contributed by atoms with Crippen LogP contribution in [0.1, 0.15) is 50.3 Å². The van der Waals surface area contributed by atoms with E-state index in [2.05, 4.69) is 24.3 Å². The summed E-state index contributed by atoms with van der Waals surface area (Å²) in [6.45, 7) is 6.04. The van der Waals surface area contributed by atoms with Crippen molar-refractivity contribution in [1.82, 2.24) is 0 Å². The summed E-state index contributed by atoms with van der Waals surface area (Å²) in [5.41, 5.74) is 10.6. The molecule has 0 amide bonds. The third kappa shape index (κ3) is 11.4. The van der Waals surface area contributed by atoms with E-state index >= 15 is 0 Å². The largest absolute Gasteiger partial charge is 0.668 e. The van der Waals surface area contributed by atoms with E-state index in [1.165, 1.54) is 6.07 Å². The van der Waals surface area contributed by atoms with E-state index < -0.39 is 23.1 Å². The van der Waals surface area contributed by atoms with E-state index in [1.54, 1.807) is 26.8 Å². The Bertz CT molecular complexity index is 1180. The van der Waals surface area contributed by atoms with E-state index in [4.69, 9.17) is 25.1 Å². The van der Waals surface area contributed by atoms with Gasteiger partial charge in [-0.3, -0.25) is 0 Å². The third-order valence-electron chi connectivity index (χ3n) is 6.56. The minimum absolute atomic E-state index is 0. The Labute approximate surface area is 266 Å². The number of aliphatic hydroxyl groups is 1. The maximum Gasteiger partial charge on any atom is 0.419 e. The van der Waals surface area contributed by atoms with E-state index in [0.717, 1.165) is 22.8 Å². The normalized spacial score (nSPS) is 15.7. The van der Waals surface area contributed by atoms with Crippen molar-refractivity contribution in [3.8, 4) is 16.9 Å². The molecular weight excluding hydrogens is 608 g/mol. The molecule has 0 bridgehead atoms. The van der Waals surface area contributed by atoms with Crippen LogP contribution in [0.3, 0.4) is 0 Å². The second-order valence-electron chi connectivity index (χ2n) is 10.4. The zero-order valence-electron chi connectivity index (χ0n) is 24.0. The van der Waals surface area contributed by atoms with Crippen molar-refractivity contribution in [3.63, 3.8) is 0 Å². The number of rotatable bonds is 9. The Hall–Kier alpha value is -1.81. The summed E-state index contributed by atoms with van der Waals surface area (Å²) in [5.74, 6) is -0.902. The molecule has 1 aliphatic heterocycles. The number of nitrogens with one attached hydrogen (secondary N) is 1. The van der Waals surface area contributed by atoms with Crippen LogP contribution in [0, 0.1) is 0 Å². The standard InChI is InChI=1S/C30H33F3NO3.C2H6O.Y/c1-28(2)36-20-29(34,21-37-28)17-16-23-12-15-27(26(19-23)30(31,32)33)35-18-6-7-22-10-13-25(14-11-22)24-8-4-3-5-9-24;1-2-3;/h3-5,8-15,19,34H,6-7,16-18,20-21H2,1-2H3;3H,2H2,1H3;/q-1;;. The molecule has 3 aromatic rings. The molecule has 3 aromatic carbocycles. The number of halogens is 3. The number of ether oxygens (including phenoxy) is 3. The van der Waals surface area contributed by atoms with Crippen molar-refractivity contribution in [2.45, 2.75) is 64.0 Å². The van der Waals surface area contributed by atoms with Gasteiger partial charge in [-0.05, 0) is 74.4 Å². The molecule has 0 aromatic heterocycles. The first-order valence-electron chi connectivity index (χ1n) is 13.6. The van der Waals surface area contributed by atoms with Gasteiger partial charge in [0.1, 0.15) is 5.75 Å². The molecule has 0 unspecified atom stereocenters. The number of alkyl halides is 3. The average molecular weight is 648 g/mol. The van der Waals surface area contributed by atoms with Gasteiger partial charge in [-0.2, -0.15) is 13.2 Å². The van der Waals surface area contributed by atoms with Crippen molar-refractivity contribution >= 4 is 0 Å². The Morgan fingerprint density at radius 3 is 2.02 bits per heavy atom. The molecule has 1 fully saturated rings. The van der Waals surface area contributed by atoms with Gasteiger partial charge in [-0.25, -0.2) is 0 Å². The SMILES string of the molecule is CC1(C)OCC([NH-])(CCc2ccc(OCCCc3ccc(-c4ccccc4)cc3)c(C(F)(F)F)c2)CO1.CCO.[Y]. The minimum Gasteiger partial charge on any atom is -0.668 e. The van der Waals surface area contributed by atoms with Crippen molar-refractivity contribution in [2.75, 3.05) is 26.4 Å². The molecule has 2 N–H and O–H groups in total. The summed E-state index contributed by atoms with van der Waals surface area (Å²) in [6, 6.07) is 22.4. The third-order valence-corrected chi connectivity index (χ3v) is 6.56. The smallest absolute Gasteiger partial charge is 0.419 e. The fourth-order valence-corrected chi connectivity index (χ4v) is 4.27. The molecule has 0 atom stereocenters. The molecule has 5 nitrogen and oxygen atoms in total. The number of hydrogen-bond acceptors (Lipinski definition) is 4. The summed E-state index contributed by atoms with van der Waals surface area (Å²) in [5, 5.41) is 7.57. The fraction of sp³-hybridized carbons (Fsp3) is 0.438. The average Bonchev–Trinajstić information content (AvgIpc) is 2.93. The molecule has 1 heterocycles. The predicted molar refractivity (Wildman–Crippen MR) is 151 cm³/mol. The fourth-order valence-electron chi connectivity index (χ4n) is 4.27. The summed E-state index contributed by atoms with van der Waals surface area (Å²) < 4.78 is 58.0. The quantitative estimate of drug-likeness (QED) is 0.240. The number of aliphatic hydroxyl groups excluding tert-OH is 1. The molecular formula is C32H39F3NO4Y-. The van der Waals surface area contributed by atoms with Gasteiger partial charge in [0.05, 0.1) is 12.2 Å². The zero-order valence-corrected chi connectivity index (χ0v) is 26.8. The van der Waals surface area contributed by atoms with Crippen molar-refractivity contribution < 1.29 is 65.2 Å². The molecule has 9 heteroatoms. The first kappa shape index (κ1) is 35.4.